The second-order valence-corrected chi connectivity index (χ2v) is 8.31. The Labute approximate surface area is 204 Å². The van der Waals surface area contributed by atoms with Gasteiger partial charge in [0.1, 0.15) is 6.29 Å². The third-order valence-corrected chi connectivity index (χ3v) is 5.91. The van der Waals surface area contributed by atoms with Gasteiger partial charge in [0.05, 0.1) is 22.2 Å². The fourth-order valence-electron chi connectivity index (χ4n) is 3.07. The predicted molar refractivity (Wildman–Crippen MR) is 129 cm³/mol. The number of benzene rings is 2. The summed E-state index contributed by atoms with van der Waals surface area (Å²) < 4.78 is 38.0. The minimum absolute atomic E-state index is 0.0260. The topological polar surface area (TPSA) is 114 Å². The van der Waals surface area contributed by atoms with Gasteiger partial charge in [-0.2, -0.15) is 13.2 Å². The van der Waals surface area contributed by atoms with E-state index in [1.165, 1.54) is 25.3 Å². The minimum Gasteiger partial charge on any atom is -0.342 e. The van der Waals surface area contributed by atoms with Gasteiger partial charge < -0.3 is 21.2 Å². The van der Waals surface area contributed by atoms with E-state index in [0.29, 0.717) is 22.0 Å². The minimum atomic E-state index is -4.49. The summed E-state index contributed by atoms with van der Waals surface area (Å²) in [4.78, 5) is 40.2. The summed E-state index contributed by atoms with van der Waals surface area (Å²) in [7, 11) is 1.50. The number of amides is 1. The molecule has 2 aromatic carbocycles. The van der Waals surface area contributed by atoms with Crippen LogP contribution in [0, 0.1) is 6.92 Å². The van der Waals surface area contributed by atoms with Crippen molar-refractivity contribution in [2.75, 3.05) is 12.4 Å². The molecular formula is C24H25F3N4O3S. The first-order valence-corrected chi connectivity index (χ1v) is 11.2. The smallest absolute Gasteiger partial charge is 0.342 e. The van der Waals surface area contributed by atoms with Crippen LogP contribution in [0.3, 0.4) is 0 Å². The number of Topliss-reactive ketones (excluding diaryl/α,β-unsaturated/α-hetero) is 1. The molecule has 0 bridgehead atoms. The molecule has 1 atom stereocenters. The first-order chi connectivity index (χ1) is 16.6. The summed E-state index contributed by atoms with van der Waals surface area (Å²) in [5.74, 6) is -0.689. The summed E-state index contributed by atoms with van der Waals surface area (Å²) >= 11 is 1.26. The van der Waals surface area contributed by atoms with E-state index in [1.807, 2.05) is 0 Å². The fourth-order valence-corrected chi connectivity index (χ4v) is 3.96. The number of nitrogens with one attached hydrogen (secondary N) is 2. The van der Waals surface area contributed by atoms with Crippen molar-refractivity contribution in [2.24, 2.45) is 5.73 Å². The van der Waals surface area contributed by atoms with Gasteiger partial charge in [0.25, 0.3) is 5.91 Å². The highest BCUT2D eigenvalue weighted by Gasteiger charge is 2.30. The van der Waals surface area contributed by atoms with E-state index in [-0.39, 0.29) is 17.8 Å². The number of anilines is 2. The number of aromatic nitrogens is 1. The summed E-state index contributed by atoms with van der Waals surface area (Å²) in [6, 6.07) is 10.0. The number of halogens is 3. The number of carbonyl (C=O) groups is 3. The largest absolute Gasteiger partial charge is 0.416 e. The van der Waals surface area contributed by atoms with Crippen molar-refractivity contribution in [2.45, 2.75) is 32.5 Å². The summed E-state index contributed by atoms with van der Waals surface area (Å²) in [6.45, 7) is 3.25. The number of nitrogens with two attached hydrogens (primary N) is 1. The summed E-state index contributed by atoms with van der Waals surface area (Å²) in [6.07, 6.45) is -3.70. The Kier molecular flexibility index (Phi) is 9.67. The third-order valence-electron chi connectivity index (χ3n) is 4.73. The maximum atomic E-state index is 12.7. The van der Waals surface area contributed by atoms with E-state index in [1.54, 1.807) is 31.2 Å². The standard InChI is InChI=1S/C23H20F3N3O3S.CH5N/c1-13-20(14(2)31)33-22(27-13)29-18-9-3-15(4-10-18)11-19(12-30)28-21(32)16-5-7-17(8-6-16)23(24,25)26;1-2/h3-10,12,19H,11H2,1-2H3,(H,27,29)(H,28,32);2H2,1H3. The second-order valence-electron chi connectivity index (χ2n) is 7.31. The highest BCUT2D eigenvalue weighted by atomic mass is 32.1. The Morgan fingerprint density at radius 3 is 2.17 bits per heavy atom. The molecule has 0 radical (unpaired) electrons. The molecule has 186 valence electrons. The van der Waals surface area contributed by atoms with Gasteiger partial charge in [0.15, 0.2) is 10.9 Å². The van der Waals surface area contributed by atoms with Crippen molar-refractivity contribution < 1.29 is 27.6 Å². The van der Waals surface area contributed by atoms with Crippen molar-refractivity contribution in [3.63, 3.8) is 0 Å². The molecule has 11 heteroatoms. The molecule has 1 aromatic heterocycles. The van der Waals surface area contributed by atoms with Crippen LogP contribution in [0.15, 0.2) is 48.5 Å². The van der Waals surface area contributed by atoms with E-state index in [9.17, 15) is 27.6 Å². The lowest BCUT2D eigenvalue weighted by atomic mass is 10.1. The number of hydrogen-bond acceptors (Lipinski definition) is 7. The molecule has 7 nitrogen and oxygen atoms in total. The molecule has 1 heterocycles. The number of hydrogen-bond donors (Lipinski definition) is 3. The van der Waals surface area contributed by atoms with E-state index in [4.69, 9.17) is 0 Å². The first-order valence-electron chi connectivity index (χ1n) is 10.4. The van der Waals surface area contributed by atoms with Crippen LogP contribution in [0.2, 0.25) is 0 Å². The molecule has 4 N–H and O–H groups in total. The zero-order chi connectivity index (χ0) is 26.2. The van der Waals surface area contributed by atoms with Crippen LogP contribution < -0.4 is 16.4 Å². The monoisotopic (exact) mass is 506 g/mol. The molecule has 35 heavy (non-hydrogen) atoms. The number of ketones is 1. The van der Waals surface area contributed by atoms with Crippen molar-refractivity contribution in [3.8, 4) is 0 Å². The van der Waals surface area contributed by atoms with E-state index >= 15 is 0 Å². The van der Waals surface area contributed by atoms with Gasteiger partial charge in [-0.05, 0) is 62.4 Å². The van der Waals surface area contributed by atoms with Crippen LogP contribution in [0.5, 0.6) is 0 Å². The Morgan fingerprint density at radius 2 is 1.69 bits per heavy atom. The summed E-state index contributed by atoms with van der Waals surface area (Å²) in [5, 5.41) is 6.22. The van der Waals surface area contributed by atoms with Gasteiger partial charge in [-0.1, -0.05) is 23.5 Å². The lowest BCUT2D eigenvalue weighted by Crippen LogP contribution is -2.37. The van der Waals surface area contributed by atoms with Crippen LogP contribution in [0.25, 0.3) is 0 Å². The van der Waals surface area contributed by atoms with E-state index in [2.05, 4.69) is 21.4 Å². The van der Waals surface area contributed by atoms with Crippen molar-refractivity contribution in [3.05, 3.63) is 75.8 Å². The highest BCUT2D eigenvalue weighted by molar-refractivity contribution is 7.17. The van der Waals surface area contributed by atoms with Crippen LogP contribution in [0.4, 0.5) is 24.0 Å². The van der Waals surface area contributed by atoms with Gasteiger partial charge in [0.2, 0.25) is 0 Å². The molecule has 0 fully saturated rings. The highest BCUT2D eigenvalue weighted by Crippen LogP contribution is 2.29. The molecule has 3 aromatic rings. The van der Waals surface area contributed by atoms with Gasteiger partial charge >= 0.3 is 6.18 Å². The number of carbonyl (C=O) groups excluding carboxylic acids is 3. The van der Waals surface area contributed by atoms with Crippen molar-refractivity contribution >= 4 is 40.1 Å². The maximum Gasteiger partial charge on any atom is 0.416 e. The molecule has 0 saturated heterocycles. The average Bonchev–Trinajstić information content (AvgIpc) is 3.20. The molecule has 1 amide bonds. The number of nitrogens with zero attached hydrogens (tertiary/aromatic N) is 1. The normalized spacial score (nSPS) is 11.6. The molecular weight excluding hydrogens is 481 g/mol. The molecule has 3 rings (SSSR count). The van der Waals surface area contributed by atoms with Crippen LogP contribution in [-0.4, -0.2) is 36.1 Å². The van der Waals surface area contributed by atoms with Crippen LogP contribution in [-0.2, 0) is 17.4 Å². The number of alkyl halides is 3. The quantitative estimate of drug-likeness (QED) is 0.306. The SMILES string of the molecule is CC(=O)c1sc(Nc2ccc(CC(C=O)NC(=O)c3ccc(C(F)(F)F)cc3)cc2)nc1C.CN. The van der Waals surface area contributed by atoms with Gasteiger partial charge in [-0.25, -0.2) is 4.98 Å². The Hall–Kier alpha value is -3.57. The Balaban J connectivity index is 0.00000210. The maximum absolute atomic E-state index is 12.7. The molecule has 1 unspecified atom stereocenters. The number of aldehydes is 1. The van der Waals surface area contributed by atoms with Gasteiger partial charge in [0, 0.05) is 18.2 Å². The molecule has 0 saturated carbocycles. The Morgan fingerprint density at radius 1 is 1.09 bits per heavy atom. The zero-order valence-electron chi connectivity index (χ0n) is 19.3. The second kappa shape index (κ2) is 12.2. The Bertz CT molecular complexity index is 1160. The lowest BCUT2D eigenvalue weighted by molar-refractivity contribution is -0.137. The first kappa shape index (κ1) is 27.7. The van der Waals surface area contributed by atoms with E-state index in [0.717, 1.165) is 35.5 Å². The zero-order valence-corrected chi connectivity index (χ0v) is 20.1. The third kappa shape index (κ3) is 7.72. The predicted octanol–water partition coefficient (Wildman–Crippen LogP) is 4.53. The number of aryl methyl sites for hydroxylation is 1. The van der Waals surface area contributed by atoms with Crippen molar-refractivity contribution in [1.29, 1.82) is 0 Å². The number of thiazole rings is 1. The fraction of sp³-hybridized carbons (Fsp3) is 0.250. The summed E-state index contributed by atoms with van der Waals surface area (Å²) in [5.41, 5.74) is 5.83. The van der Waals surface area contributed by atoms with Crippen molar-refractivity contribution in [1.82, 2.24) is 10.3 Å². The van der Waals surface area contributed by atoms with Gasteiger partial charge in [-0.3, -0.25) is 9.59 Å². The van der Waals surface area contributed by atoms with E-state index < -0.39 is 23.7 Å². The van der Waals surface area contributed by atoms with Gasteiger partial charge in [-0.15, -0.1) is 0 Å². The molecule has 0 aliphatic heterocycles. The molecule has 0 aliphatic carbocycles. The number of rotatable bonds is 8. The van der Waals surface area contributed by atoms with Crippen LogP contribution >= 0.6 is 11.3 Å². The lowest BCUT2D eigenvalue weighted by Gasteiger charge is -2.14. The van der Waals surface area contributed by atoms with Crippen LogP contribution in [0.1, 0.15) is 43.8 Å². The average molecular weight is 507 g/mol. The molecule has 0 aliphatic rings. The molecule has 0 spiro atoms.